The van der Waals surface area contributed by atoms with Crippen molar-refractivity contribution in [2.75, 3.05) is 26.7 Å². The van der Waals surface area contributed by atoms with Gasteiger partial charge in [0.15, 0.2) is 0 Å². The molecule has 0 spiro atoms. The largest absolute Gasteiger partial charge is 0.481 e. The lowest BCUT2D eigenvalue weighted by Crippen LogP contribution is -2.50. The number of hydrogen-bond donors (Lipinski definition) is 1. The third-order valence-electron chi connectivity index (χ3n) is 4.10. The van der Waals surface area contributed by atoms with Gasteiger partial charge in [-0.1, -0.05) is 12.2 Å². The van der Waals surface area contributed by atoms with Gasteiger partial charge >= 0.3 is 12.0 Å². The van der Waals surface area contributed by atoms with Crippen LogP contribution in [0.2, 0.25) is 0 Å². The summed E-state index contributed by atoms with van der Waals surface area (Å²) in [6, 6.07) is -0.0427. The second-order valence-corrected chi connectivity index (χ2v) is 6.41. The van der Waals surface area contributed by atoms with Crippen LogP contribution in [-0.4, -0.2) is 53.6 Å². The van der Waals surface area contributed by atoms with E-state index in [2.05, 4.69) is 6.58 Å². The number of carboxylic acids is 1. The molecule has 0 saturated carbocycles. The fourth-order valence-electron chi connectivity index (χ4n) is 2.63. The number of carbonyl (C=O) groups is 2. The molecule has 5 nitrogen and oxygen atoms in total. The summed E-state index contributed by atoms with van der Waals surface area (Å²) >= 11 is 0. The maximum absolute atomic E-state index is 12.3. The highest BCUT2D eigenvalue weighted by molar-refractivity contribution is 5.76. The van der Waals surface area contributed by atoms with E-state index in [1.807, 2.05) is 6.92 Å². The van der Waals surface area contributed by atoms with Crippen molar-refractivity contribution in [1.29, 1.82) is 0 Å². The lowest BCUT2D eigenvalue weighted by molar-refractivity contribution is -0.151. The summed E-state index contributed by atoms with van der Waals surface area (Å²) in [4.78, 5) is 27.1. The highest BCUT2D eigenvalue weighted by Crippen LogP contribution is 2.34. The molecule has 0 bridgehead atoms. The third kappa shape index (κ3) is 3.74. The maximum Gasteiger partial charge on any atom is 0.320 e. The minimum Gasteiger partial charge on any atom is -0.481 e. The molecule has 0 aromatic rings. The zero-order chi connectivity index (χ0) is 15.5. The van der Waals surface area contributed by atoms with E-state index in [4.69, 9.17) is 0 Å². The molecule has 5 heteroatoms. The Bertz CT molecular complexity index is 404. The summed E-state index contributed by atoms with van der Waals surface area (Å²) in [6.45, 7) is 10.9. The summed E-state index contributed by atoms with van der Waals surface area (Å²) in [5.41, 5.74) is 0.131. The molecule has 20 heavy (non-hydrogen) atoms. The molecule has 2 amide bonds. The number of likely N-dealkylation sites (tertiary alicyclic amines) is 1. The lowest BCUT2D eigenvalue weighted by atomic mass is 9.74. The van der Waals surface area contributed by atoms with Crippen LogP contribution in [-0.2, 0) is 4.79 Å². The molecule has 0 radical (unpaired) electrons. The van der Waals surface area contributed by atoms with Crippen molar-refractivity contribution in [1.82, 2.24) is 9.80 Å². The number of piperidine rings is 1. The molecule has 0 aromatic carbocycles. The predicted molar refractivity (Wildman–Crippen MR) is 78.6 cm³/mol. The van der Waals surface area contributed by atoms with Gasteiger partial charge in [0.05, 0.1) is 5.41 Å². The number of aliphatic carboxylic acids is 1. The zero-order valence-corrected chi connectivity index (χ0v) is 13.0. The van der Waals surface area contributed by atoms with E-state index in [9.17, 15) is 14.7 Å². The van der Waals surface area contributed by atoms with Crippen molar-refractivity contribution >= 4 is 12.0 Å². The minimum atomic E-state index is -0.800. The van der Waals surface area contributed by atoms with Gasteiger partial charge < -0.3 is 14.9 Å². The second kappa shape index (κ2) is 6.29. The van der Waals surface area contributed by atoms with Crippen molar-refractivity contribution in [3.05, 3.63) is 12.2 Å². The molecule has 114 valence electrons. The lowest BCUT2D eigenvalue weighted by Gasteiger charge is -2.40. The molecule has 1 atom stereocenters. The average molecular weight is 282 g/mol. The van der Waals surface area contributed by atoms with Crippen LogP contribution in [0.5, 0.6) is 0 Å². The molecule has 1 fully saturated rings. The zero-order valence-electron chi connectivity index (χ0n) is 13.0. The molecule has 1 rings (SSSR count). The molecule has 0 aliphatic carbocycles. The van der Waals surface area contributed by atoms with Crippen LogP contribution >= 0.6 is 0 Å². The van der Waals surface area contributed by atoms with E-state index >= 15 is 0 Å². The fraction of sp³-hybridized carbons (Fsp3) is 0.733. The van der Waals surface area contributed by atoms with E-state index in [0.717, 1.165) is 18.4 Å². The number of likely N-dealkylation sites (N-methyl/N-ethyl adjacent to an activating group) is 1. The van der Waals surface area contributed by atoms with Crippen LogP contribution in [0.3, 0.4) is 0 Å². The highest BCUT2D eigenvalue weighted by atomic mass is 16.4. The number of nitrogens with zero attached hydrogens (tertiary/aromatic N) is 2. The van der Waals surface area contributed by atoms with Crippen LogP contribution in [0.4, 0.5) is 4.79 Å². The summed E-state index contributed by atoms with van der Waals surface area (Å²) in [5, 5.41) is 9.32. The van der Waals surface area contributed by atoms with Crippen LogP contribution in [0.25, 0.3) is 0 Å². The molecule has 1 N–H and O–H groups in total. The smallest absolute Gasteiger partial charge is 0.320 e. The fourth-order valence-corrected chi connectivity index (χ4v) is 2.63. The number of amides is 2. The Morgan fingerprint density at radius 2 is 2.05 bits per heavy atom. The SMILES string of the molecule is C=C(C)CN(C)C(=O)N1CCCC(C(C)(C)C(=O)O)C1. The molecule has 1 unspecified atom stereocenters. The Labute approximate surface area is 121 Å². The Balaban J connectivity index is 2.72. The molecule has 1 aliphatic rings. The standard InChI is InChI=1S/C15H26N2O3/c1-11(2)9-16(5)14(20)17-8-6-7-12(10-17)15(3,4)13(18)19/h12H,1,6-10H2,2-5H3,(H,18,19). The Morgan fingerprint density at radius 1 is 1.45 bits per heavy atom. The molecule has 1 aliphatic heterocycles. The highest BCUT2D eigenvalue weighted by Gasteiger charge is 2.40. The van der Waals surface area contributed by atoms with E-state index in [1.165, 1.54) is 0 Å². The number of carbonyl (C=O) groups excluding carboxylic acids is 1. The van der Waals surface area contributed by atoms with E-state index in [-0.39, 0.29) is 11.9 Å². The van der Waals surface area contributed by atoms with E-state index in [1.54, 1.807) is 30.7 Å². The topological polar surface area (TPSA) is 60.9 Å². The van der Waals surface area contributed by atoms with Gasteiger partial charge in [0, 0.05) is 26.7 Å². The molecule has 1 saturated heterocycles. The van der Waals surface area contributed by atoms with E-state index < -0.39 is 11.4 Å². The van der Waals surface area contributed by atoms with Gasteiger partial charge in [-0.2, -0.15) is 0 Å². The van der Waals surface area contributed by atoms with Crippen molar-refractivity contribution in [3.63, 3.8) is 0 Å². The van der Waals surface area contributed by atoms with Gasteiger partial charge in [0.25, 0.3) is 0 Å². The third-order valence-corrected chi connectivity index (χ3v) is 4.10. The molecule has 0 aromatic heterocycles. The minimum absolute atomic E-state index is 0.00377. The van der Waals surface area contributed by atoms with Crippen molar-refractivity contribution in [3.8, 4) is 0 Å². The van der Waals surface area contributed by atoms with E-state index in [0.29, 0.717) is 19.6 Å². The summed E-state index contributed by atoms with van der Waals surface area (Å²) in [6.07, 6.45) is 1.71. The van der Waals surface area contributed by atoms with Crippen molar-refractivity contribution < 1.29 is 14.7 Å². The molecular formula is C15H26N2O3. The van der Waals surface area contributed by atoms with Gasteiger partial charge in [-0.3, -0.25) is 4.79 Å². The van der Waals surface area contributed by atoms with Crippen LogP contribution < -0.4 is 0 Å². The maximum atomic E-state index is 12.3. The quantitative estimate of drug-likeness (QED) is 0.806. The number of hydrogen-bond acceptors (Lipinski definition) is 2. The van der Waals surface area contributed by atoms with Crippen LogP contribution in [0.1, 0.15) is 33.6 Å². The number of urea groups is 1. The first kappa shape index (κ1) is 16.5. The number of rotatable bonds is 4. The number of carboxylic acid groups (broad SMARTS) is 1. The summed E-state index contributed by atoms with van der Waals surface area (Å²) < 4.78 is 0. The summed E-state index contributed by atoms with van der Waals surface area (Å²) in [7, 11) is 1.75. The first-order valence-corrected chi connectivity index (χ1v) is 7.04. The van der Waals surface area contributed by atoms with Gasteiger partial charge in [0.1, 0.15) is 0 Å². The molecular weight excluding hydrogens is 256 g/mol. The van der Waals surface area contributed by atoms with Crippen LogP contribution in [0, 0.1) is 11.3 Å². The Morgan fingerprint density at radius 3 is 2.55 bits per heavy atom. The van der Waals surface area contributed by atoms with Crippen molar-refractivity contribution in [2.45, 2.75) is 33.6 Å². The monoisotopic (exact) mass is 282 g/mol. The normalized spacial score (nSPS) is 19.6. The Kier molecular flexibility index (Phi) is 5.20. The molecule has 1 heterocycles. The van der Waals surface area contributed by atoms with Crippen molar-refractivity contribution in [2.24, 2.45) is 11.3 Å². The van der Waals surface area contributed by atoms with Crippen LogP contribution in [0.15, 0.2) is 12.2 Å². The second-order valence-electron chi connectivity index (χ2n) is 6.41. The predicted octanol–water partition coefficient (Wildman–Crippen LogP) is 2.44. The van der Waals surface area contributed by atoms with Gasteiger partial charge in [0.2, 0.25) is 0 Å². The first-order chi connectivity index (χ1) is 9.16. The Hall–Kier alpha value is -1.52. The van der Waals surface area contributed by atoms with Gasteiger partial charge in [-0.25, -0.2) is 4.79 Å². The van der Waals surface area contributed by atoms with Gasteiger partial charge in [-0.15, -0.1) is 0 Å². The summed E-state index contributed by atoms with van der Waals surface area (Å²) in [5.74, 6) is -0.803. The first-order valence-electron chi connectivity index (χ1n) is 7.04. The average Bonchev–Trinajstić information content (AvgIpc) is 2.37. The van der Waals surface area contributed by atoms with Gasteiger partial charge in [-0.05, 0) is 39.5 Å².